The molecule has 3 rings (SSSR count). The summed E-state index contributed by atoms with van der Waals surface area (Å²) >= 11 is 0. The molecule has 1 aromatic carbocycles. The van der Waals surface area contributed by atoms with E-state index in [9.17, 15) is 13.6 Å². The van der Waals surface area contributed by atoms with Gasteiger partial charge in [0.1, 0.15) is 18.0 Å². The van der Waals surface area contributed by atoms with E-state index in [2.05, 4.69) is 20.6 Å². The minimum atomic E-state index is -1.02. The topological polar surface area (TPSA) is 70.1 Å². The molecule has 1 aliphatic rings. The van der Waals surface area contributed by atoms with Gasteiger partial charge in [0.25, 0.3) is 5.91 Å². The summed E-state index contributed by atoms with van der Waals surface area (Å²) in [4.78, 5) is 22.9. The summed E-state index contributed by atoms with van der Waals surface area (Å²) in [6, 6.07) is 3.47. The second-order valence-corrected chi connectivity index (χ2v) is 7.36. The quantitative estimate of drug-likeness (QED) is 0.821. The van der Waals surface area contributed by atoms with Crippen LogP contribution in [-0.4, -0.2) is 42.1 Å². The van der Waals surface area contributed by atoms with Crippen LogP contribution >= 0.6 is 0 Å². The highest BCUT2D eigenvalue weighted by Gasteiger charge is 2.24. The van der Waals surface area contributed by atoms with Crippen LogP contribution < -0.4 is 15.5 Å². The average molecular weight is 389 g/mol. The van der Waals surface area contributed by atoms with Gasteiger partial charge >= 0.3 is 0 Å². The predicted molar refractivity (Wildman–Crippen MR) is 105 cm³/mol. The van der Waals surface area contributed by atoms with Gasteiger partial charge in [-0.3, -0.25) is 4.79 Å². The van der Waals surface area contributed by atoms with Crippen LogP contribution in [0.15, 0.2) is 24.5 Å². The molecular weight excluding hydrogens is 364 g/mol. The van der Waals surface area contributed by atoms with Crippen molar-refractivity contribution >= 4 is 17.5 Å². The summed E-state index contributed by atoms with van der Waals surface area (Å²) in [5.74, 6) is -0.644. The Bertz CT molecular complexity index is 850. The summed E-state index contributed by atoms with van der Waals surface area (Å²) in [7, 11) is 3.89. The van der Waals surface area contributed by atoms with E-state index in [4.69, 9.17) is 0 Å². The molecule has 6 nitrogen and oxygen atoms in total. The van der Waals surface area contributed by atoms with Crippen LogP contribution in [0.2, 0.25) is 0 Å². The Morgan fingerprint density at radius 1 is 1.07 bits per heavy atom. The van der Waals surface area contributed by atoms with E-state index in [0.29, 0.717) is 0 Å². The molecule has 8 heteroatoms. The minimum Gasteiger partial charge on any atom is -0.367 e. The Morgan fingerprint density at radius 2 is 1.75 bits per heavy atom. The van der Waals surface area contributed by atoms with Crippen LogP contribution in [0.5, 0.6) is 0 Å². The zero-order valence-corrected chi connectivity index (χ0v) is 16.3. The SMILES string of the molecule is Cc1c(NC2CCC(NC(=O)c3ccc(F)c(F)c3)CC2)ncnc1N(C)C. The van der Waals surface area contributed by atoms with Gasteiger partial charge in [-0.25, -0.2) is 18.7 Å². The summed E-state index contributed by atoms with van der Waals surface area (Å²) in [5, 5.41) is 6.40. The number of anilines is 2. The molecule has 2 aromatic rings. The zero-order chi connectivity index (χ0) is 20.3. The maximum Gasteiger partial charge on any atom is 0.251 e. The lowest BCUT2D eigenvalue weighted by atomic mass is 9.91. The van der Waals surface area contributed by atoms with E-state index < -0.39 is 11.6 Å². The Morgan fingerprint density at radius 3 is 2.39 bits per heavy atom. The number of nitrogens with zero attached hydrogens (tertiary/aromatic N) is 3. The number of aromatic nitrogens is 2. The van der Waals surface area contributed by atoms with E-state index in [1.807, 2.05) is 25.9 Å². The molecule has 0 spiro atoms. The number of hydrogen-bond acceptors (Lipinski definition) is 5. The standard InChI is InChI=1S/C20H25F2N5O/c1-12-18(23-11-24-19(12)27(2)3)25-14-5-7-15(8-6-14)26-20(28)13-4-9-16(21)17(22)10-13/h4,9-11,14-15H,5-8H2,1-3H3,(H,26,28)(H,23,24,25). The lowest BCUT2D eigenvalue weighted by Crippen LogP contribution is -2.40. The van der Waals surface area contributed by atoms with Crippen molar-refractivity contribution in [3.8, 4) is 0 Å². The third-order valence-corrected chi connectivity index (χ3v) is 5.07. The summed E-state index contributed by atoms with van der Waals surface area (Å²) < 4.78 is 26.3. The summed E-state index contributed by atoms with van der Waals surface area (Å²) in [5.41, 5.74) is 1.13. The average Bonchev–Trinajstić information content (AvgIpc) is 2.67. The molecule has 1 heterocycles. The Labute approximate surface area is 163 Å². The van der Waals surface area contributed by atoms with Gasteiger partial charge in [0.15, 0.2) is 11.6 Å². The first-order chi connectivity index (χ1) is 13.3. The first-order valence-corrected chi connectivity index (χ1v) is 9.36. The first-order valence-electron chi connectivity index (χ1n) is 9.36. The fourth-order valence-electron chi connectivity index (χ4n) is 3.52. The van der Waals surface area contributed by atoms with E-state index >= 15 is 0 Å². The van der Waals surface area contributed by atoms with Crippen LogP contribution in [-0.2, 0) is 0 Å². The van der Waals surface area contributed by atoms with Crippen molar-refractivity contribution < 1.29 is 13.6 Å². The summed E-state index contributed by atoms with van der Waals surface area (Å²) in [6.07, 6.45) is 4.92. The molecule has 1 amide bonds. The van der Waals surface area contributed by atoms with Crippen molar-refractivity contribution in [2.24, 2.45) is 0 Å². The molecule has 2 N–H and O–H groups in total. The van der Waals surface area contributed by atoms with Gasteiger partial charge in [-0.05, 0) is 50.8 Å². The van der Waals surface area contributed by atoms with Crippen molar-refractivity contribution in [1.29, 1.82) is 0 Å². The molecule has 0 saturated heterocycles. The van der Waals surface area contributed by atoms with Gasteiger partial charge in [0, 0.05) is 37.3 Å². The van der Waals surface area contributed by atoms with Crippen molar-refractivity contribution in [3.05, 3.63) is 47.3 Å². The van der Waals surface area contributed by atoms with Crippen molar-refractivity contribution in [1.82, 2.24) is 15.3 Å². The molecular formula is C20H25F2N5O. The molecule has 150 valence electrons. The first kappa shape index (κ1) is 20.0. The maximum atomic E-state index is 13.3. The molecule has 1 aromatic heterocycles. The Kier molecular flexibility index (Phi) is 6.06. The van der Waals surface area contributed by atoms with Gasteiger partial charge in [-0.15, -0.1) is 0 Å². The molecule has 0 unspecified atom stereocenters. The number of hydrogen-bond donors (Lipinski definition) is 2. The smallest absolute Gasteiger partial charge is 0.251 e. The van der Waals surface area contributed by atoms with Crippen LogP contribution in [0, 0.1) is 18.6 Å². The fourth-order valence-corrected chi connectivity index (χ4v) is 3.52. The summed E-state index contributed by atoms with van der Waals surface area (Å²) in [6.45, 7) is 1.99. The van der Waals surface area contributed by atoms with E-state index in [1.54, 1.807) is 6.33 Å². The lowest BCUT2D eigenvalue weighted by Gasteiger charge is -2.30. The third kappa shape index (κ3) is 4.55. The van der Waals surface area contributed by atoms with Gasteiger partial charge in [0.2, 0.25) is 0 Å². The highest BCUT2D eigenvalue weighted by Crippen LogP contribution is 2.26. The van der Waals surface area contributed by atoms with Gasteiger partial charge in [-0.2, -0.15) is 0 Å². The molecule has 0 atom stereocenters. The molecule has 0 aliphatic heterocycles. The minimum absolute atomic E-state index is 0.0162. The lowest BCUT2D eigenvalue weighted by molar-refractivity contribution is 0.0926. The normalized spacial score (nSPS) is 19.2. The highest BCUT2D eigenvalue weighted by atomic mass is 19.2. The van der Waals surface area contributed by atoms with Crippen LogP contribution in [0.4, 0.5) is 20.4 Å². The van der Waals surface area contributed by atoms with E-state index in [0.717, 1.165) is 55.0 Å². The number of halogens is 2. The van der Waals surface area contributed by atoms with Gasteiger partial charge < -0.3 is 15.5 Å². The van der Waals surface area contributed by atoms with Crippen LogP contribution in [0.1, 0.15) is 41.6 Å². The second kappa shape index (κ2) is 8.50. The fraction of sp³-hybridized carbons (Fsp3) is 0.450. The van der Waals surface area contributed by atoms with Crippen molar-refractivity contribution in [2.45, 2.75) is 44.7 Å². The number of nitrogens with one attached hydrogen (secondary N) is 2. The van der Waals surface area contributed by atoms with Crippen molar-refractivity contribution in [3.63, 3.8) is 0 Å². The van der Waals surface area contributed by atoms with E-state index in [1.165, 1.54) is 6.07 Å². The number of carbonyl (C=O) groups excluding carboxylic acids is 1. The largest absolute Gasteiger partial charge is 0.367 e. The van der Waals surface area contributed by atoms with Gasteiger partial charge in [0.05, 0.1) is 0 Å². The molecule has 0 bridgehead atoms. The Hall–Kier alpha value is -2.77. The molecule has 1 fully saturated rings. The Balaban J connectivity index is 1.54. The second-order valence-electron chi connectivity index (χ2n) is 7.36. The van der Waals surface area contributed by atoms with E-state index in [-0.39, 0.29) is 23.6 Å². The molecule has 1 aliphatic carbocycles. The molecule has 0 radical (unpaired) electrons. The van der Waals surface area contributed by atoms with Crippen LogP contribution in [0.3, 0.4) is 0 Å². The molecule has 28 heavy (non-hydrogen) atoms. The maximum absolute atomic E-state index is 13.3. The van der Waals surface area contributed by atoms with Gasteiger partial charge in [-0.1, -0.05) is 0 Å². The number of rotatable bonds is 5. The zero-order valence-electron chi connectivity index (χ0n) is 16.3. The number of benzene rings is 1. The van der Waals surface area contributed by atoms with Crippen LogP contribution in [0.25, 0.3) is 0 Å². The van der Waals surface area contributed by atoms with Crippen molar-refractivity contribution in [2.75, 3.05) is 24.3 Å². The number of amides is 1. The number of carbonyl (C=O) groups is 1. The predicted octanol–water partition coefficient (Wildman–Crippen LogP) is 3.28. The highest BCUT2D eigenvalue weighted by molar-refractivity contribution is 5.94. The third-order valence-electron chi connectivity index (χ3n) is 5.07. The molecule has 1 saturated carbocycles. The monoisotopic (exact) mass is 389 g/mol.